The minimum absolute atomic E-state index is 0.00319. The van der Waals surface area contributed by atoms with Crippen molar-refractivity contribution in [2.24, 2.45) is 28.9 Å². The third kappa shape index (κ3) is 17.8. The number of esters is 1. The average molecular weight is 1370 g/mol. The van der Waals surface area contributed by atoms with E-state index in [9.17, 15) is 77.6 Å². The van der Waals surface area contributed by atoms with Gasteiger partial charge in [0.05, 0.1) is 24.6 Å². The monoisotopic (exact) mass is 1370 g/mol. The van der Waals surface area contributed by atoms with Gasteiger partial charge in [0.2, 0.25) is 65.0 Å². The third-order valence-electron chi connectivity index (χ3n) is 16.4. The Labute approximate surface area is 560 Å². The fourth-order valence-corrected chi connectivity index (χ4v) is 11.7. The van der Waals surface area contributed by atoms with Crippen LogP contribution in [-0.4, -0.2) is 177 Å². The van der Waals surface area contributed by atoms with E-state index >= 15 is 0 Å². The molecular formula is C63H77N13O18S2. The number of ether oxygens (including phenoxy) is 2. The maximum atomic E-state index is 14.4. The van der Waals surface area contributed by atoms with Crippen LogP contribution in [0.1, 0.15) is 108 Å². The Morgan fingerprint density at radius 1 is 0.656 bits per heavy atom. The van der Waals surface area contributed by atoms with Crippen molar-refractivity contribution in [1.29, 1.82) is 0 Å². The number of nitrogens with two attached hydrogens (primary N) is 4. The van der Waals surface area contributed by atoms with Gasteiger partial charge >= 0.3 is 5.97 Å². The highest BCUT2D eigenvalue weighted by atomic mass is 32.1. The molecule has 1 spiro atoms. The number of fused-ring (bicyclic) bond motifs is 6. The maximum absolute atomic E-state index is 14.4. The zero-order chi connectivity index (χ0) is 70.3. The predicted molar refractivity (Wildman–Crippen MR) is 347 cm³/mol. The van der Waals surface area contributed by atoms with Crippen LogP contribution in [0.15, 0.2) is 78.9 Å². The fourth-order valence-electron chi connectivity index (χ4n) is 11.2. The highest BCUT2D eigenvalue weighted by molar-refractivity contribution is 7.80. The summed E-state index contributed by atoms with van der Waals surface area (Å²) >= 11 is 8.35. The topological polar surface area (TPSA) is 505 Å². The van der Waals surface area contributed by atoms with Crippen molar-refractivity contribution in [2.45, 2.75) is 126 Å². The minimum Gasteiger partial charge on any atom is -0.508 e. The predicted octanol–water partition coefficient (Wildman–Crippen LogP) is -2.00. The van der Waals surface area contributed by atoms with Gasteiger partial charge in [0.25, 0.3) is 5.91 Å². The number of nitrogens with one attached hydrogen (secondary N) is 8. The maximum Gasteiger partial charge on any atom is 0.340 e. The van der Waals surface area contributed by atoms with E-state index in [4.69, 9.17) is 32.4 Å². The van der Waals surface area contributed by atoms with Crippen molar-refractivity contribution in [3.63, 3.8) is 0 Å². The van der Waals surface area contributed by atoms with E-state index in [2.05, 4.69) is 67.8 Å². The second-order valence-electron chi connectivity index (χ2n) is 23.2. The number of primary amides is 3. The van der Waals surface area contributed by atoms with Gasteiger partial charge in [-0.05, 0) is 92.1 Å². The first-order valence-corrected chi connectivity index (χ1v) is 31.9. The number of hydrogen-bond donors (Lipinski definition) is 17. The van der Waals surface area contributed by atoms with E-state index in [1.165, 1.54) is 78.9 Å². The van der Waals surface area contributed by atoms with Crippen LogP contribution in [0.4, 0.5) is 0 Å². The Kier molecular flexibility index (Phi) is 25.0. The second kappa shape index (κ2) is 32.8. The molecule has 0 aliphatic carbocycles. The summed E-state index contributed by atoms with van der Waals surface area (Å²) in [5.74, 6) is -13.2. The standard InChI is InChI=1S/C63H77N13O18S2/c1-3-30(2)52(75-58(88)42(72-54(84)39(64)28-95)23-31-11-13-32(77)14-12-31)60(90)71-41(19-20-48(65)80)56(86)73-43(26-49(66)81)57(87)74-44(29-96)61(91)76-22-6-10-45(76)59(89)70-40(55(85)69-27-50(67)82)9-5-21-68-53(83)35-7-4-8-36-51(35)63(94-62(36)92)37-17-15-33(78)24-46(37)93-47-25-34(79)16-18-38(47)63/h4,7-8,11-18,24-25,30,39-45,52,77-79,95-96H,3,5-6,9-10,19-23,26-29,64H2,1-2H3,(H2,65,80)(H2,66,81)(H2,67,82)(H,68,83)(H,69,85)(H,70,89)(H,71,90)(H,72,84)(H,73,86)(H,74,87)(H,75,88)/t30-,39-,40-,41-,42-,43-,44-,45-,52-/m0/s1. The van der Waals surface area contributed by atoms with E-state index < -0.39 is 168 Å². The summed E-state index contributed by atoms with van der Waals surface area (Å²) in [6.07, 6.45) is -1.57. The van der Waals surface area contributed by atoms with Gasteiger partial charge in [0.15, 0.2) is 5.60 Å². The summed E-state index contributed by atoms with van der Waals surface area (Å²) in [5, 5.41) is 50.8. The number of rotatable bonds is 32. The molecular weight excluding hydrogens is 1290 g/mol. The number of phenols is 3. The lowest BCUT2D eigenvalue weighted by atomic mass is 9.75. The molecule has 0 saturated carbocycles. The highest BCUT2D eigenvalue weighted by Gasteiger charge is 2.55. The van der Waals surface area contributed by atoms with Crippen LogP contribution in [0, 0.1) is 5.92 Å². The van der Waals surface area contributed by atoms with Crippen LogP contribution in [0.3, 0.4) is 0 Å². The summed E-state index contributed by atoms with van der Waals surface area (Å²) < 4.78 is 12.2. The summed E-state index contributed by atoms with van der Waals surface area (Å²) in [4.78, 5) is 177. The van der Waals surface area contributed by atoms with Crippen molar-refractivity contribution >= 4 is 102 Å². The Hall–Kier alpha value is -10.2. The number of amides is 12. The lowest BCUT2D eigenvalue weighted by Crippen LogP contribution is -2.61. The molecule has 514 valence electrons. The SMILES string of the molecule is CC[C@H](C)[C@H](NC(=O)[C@H](Cc1ccc(O)cc1)NC(=O)[C@@H](N)CS)C(=O)N[C@@H](CCC(N)=O)C(=O)N[C@@H](CC(N)=O)C(=O)N[C@@H](CS)C(=O)N1CCC[C@H]1C(=O)N[C@@H](CCCNC(=O)c1cccc2c1C1(OC2=O)c2ccc(O)cc2Oc2cc(O)ccc21)C(=O)NCC(N)=O. The molecule has 33 heteroatoms. The van der Waals surface area contributed by atoms with Crippen LogP contribution in [-0.2, 0) is 69.5 Å². The van der Waals surface area contributed by atoms with E-state index in [1.54, 1.807) is 13.8 Å². The van der Waals surface area contributed by atoms with Gasteiger partial charge in [-0.2, -0.15) is 25.3 Å². The Morgan fingerprint density at radius 3 is 1.85 bits per heavy atom. The molecule has 0 aromatic heterocycles. The summed E-state index contributed by atoms with van der Waals surface area (Å²) in [6.45, 7) is 2.50. The molecule has 12 amide bonds. The fraction of sp³-hybridized carbons (Fsp3) is 0.413. The number of hydrogen-bond acceptors (Lipinski definition) is 21. The first-order valence-electron chi connectivity index (χ1n) is 30.6. The van der Waals surface area contributed by atoms with Crippen molar-refractivity contribution in [3.8, 4) is 28.7 Å². The van der Waals surface area contributed by atoms with Gasteiger partial charge in [0.1, 0.15) is 71.0 Å². The molecule has 0 radical (unpaired) electrons. The molecule has 31 nitrogen and oxygen atoms in total. The highest BCUT2D eigenvalue weighted by Crippen LogP contribution is 2.57. The first-order chi connectivity index (χ1) is 45.6. The van der Waals surface area contributed by atoms with Crippen molar-refractivity contribution in [2.75, 3.05) is 31.1 Å². The van der Waals surface area contributed by atoms with Crippen LogP contribution < -0.4 is 70.2 Å². The Morgan fingerprint density at radius 2 is 1.25 bits per heavy atom. The number of aromatic hydroxyl groups is 3. The number of carbonyl (C=O) groups excluding carboxylic acids is 13. The Bertz CT molecular complexity index is 3620. The lowest BCUT2D eigenvalue weighted by Gasteiger charge is -2.37. The molecule has 3 aliphatic rings. The summed E-state index contributed by atoms with van der Waals surface area (Å²) in [5.41, 5.74) is 21.6. The van der Waals surface area contributed by atoms with Gasteiger partial charge in [-0.15, -0.1) is 0 Å². The largest absolute Gasteiger partial charge is 0.508 e. The molecule has 4 aromatic carbocycles. The number of carbonyl (C=O) groups is 13. The molecule has 1 fully saturated rings. The van der Waals surface area contributed by atoms with Gasteiger partial charge in [-0.25, -0.2) is 4.79 Å². The van der Waals surface area contributed by atoms with Crippen LogP contribution in [0.5, 0.6) is 28.7 Å². The molecule has 96 heavy (non-hydrogen) atoms. The van der Waals surface area contributed by atoms with Crippen molar-refractivity contribution in [3.05, 3.63) is 112 Å². The number of benzene rings is 4. The summed E-state index contributed by atoms with van der Waals surface area (Å²) in [6, 6.07) is 6.80. The van der Waals surface area contributed by atoms with Gasteiger partial charge in [-0.3, -0.25) is 57.5 Å². The molecule has 1 saturated heterocycles. The average Bonchev–Trinajstić information content (AvgIpc) is 1.45. The molecule has 3 aliphatic heterocycles. The molecule has 9 atom stereocenters. The van der Waals surface area contributed by atoms with Crippen molar-refractivity contribution in [1.82, 2.24) is 47.4 Å². The Balaban J connectivity index is 1.02. The molecule has 4 aromatic rings. The van der Waals surface area contributed by atoms with Crippen LogP contribution >= 0.6 is 25.3 Å². The molecule has 3 heterocycles. The van der Waals surface area contributed by atoms with Crippen LogP contribution in [0.25, 0.3) is 0 Å². The molecule has 19 N–H and O–H groups in total. The number of likely N-dealkylation sites (tertiary alicyclic amines) is 1. The third-order valence-corrected chi connectivity index (χ3v) is 17.1. The zero-order valence-corrected chi connectivity index (χ0v) is 54.0. The minimum atomic E-state index is -1.85. The second-order valence-corrected chi connectivity index (χ2v) is 24.0. The normalized spacial score (nSPS) is 16.4. The van der Waals surface area contributed by atoms with Gasteiger partial charge in [-0.1, -0.05) is 38.5 Å². The number of phenolic OH excluding ortho intramolecular Hbond substituents is 3. The summed E-state index contributed by atoms with van der Waals surface area (Å²) in [7, 11) is 0. The van der Waals surface area contributed by atoms with Gasteiger partial charge < -0.3 is 95.2 Å². The number of thiol groups is 2. The lowest BCUT2D eigenvalue weighted by molar-refractivity contribution is -0.142. The molecule has 0 unspecified atom stereocenters. The van der Waals surface area contributed by atoms with Crippen molar-refractivity contribution < 1.29 is 87.1 Å². The molecule has 7 rings (SSSR count). The smallest absolute Gasteiger partial charge is 0.340 e. The molecule has 0 bridgehead atoms. The van der Waals surface area contributed by atoms with Crippen LogP contribution in [0.2, 0.25) is 0 Å². The number of nitrogens with zero attached hydrogens (tertiary/aromatic N) is 1. The zero-order valence-electron chi connectivity index (χ0n) is 52.2. The van der Waals surface area contributed by atoms with Gasteiger partial charge in [0, 0.05) is 71.8 Å². The van der Waals surface area contributed by atoms with E-state index in [0.29, 0.717) is 5.56 Å². The van der Waals surface area contributed by atoms with E-state index in [1.807, 2.05) is 0 Å². The van der Waals surface area contributed by atoms with E-state index in [-0.39, 0.29) is 114 Å². The quantitative estimate of drug-likeness (QED) is 0.0143. The van der Waals surface area contributed by atoms with E-state index in [0.717, 1.165) is 4.90 Å². The first kappa shape index (κ1) is 73.3.